The number of ether oxygens (including phenoxy) is 1. The lowest BCUT2D eigenvalue weighted by Gasteiger charge is -2.45. The number of benzene rings is 1. The molecule has 0 saturated carbocycles. The largest absolute Gasteiger partial charge is 0.369 e. The first-order valence-corrected chi connectivity index (χ1v) is 8.82. The summed E-state index contributed by atoms with van der Waals surface area (Å²) in [7, 11) is 0. The van der Waals surface area contributed by atoms with Crippen LogP contribution in [0.15, 0.2) is 36.4 Å². The number of terminal acetylenes is 1. The van der Waals surface area contributed by atoms with Crippen LogP contribution in [0, 0.1) is 43.9 Å². The third-order valence-corrected chi connectivity index (χ3v) is 5.42. The normalized spacial score (nSPS) is 30.8. The molecule has 24 heavy (non-hydrogen) atoms. The van der Waals surface area contributed by atoms with E-state index in [0.29, 0.717) is 6.42 Å². The highest BCUT2D eigenvalue weighted by Gasteiger charge is 2.41. The van der Waals surface area contributed by atoms with Gasteiger partial charge in [0.1, 0.15) is 0 Å². The molecule has 1 aromatic carbocycles. The molecule has 4 unspecified atom stereocenters. The maximum atomic E-state index is 6.56. The first-order valence-electron chi connectivity index (χ1n) is 8.82. The van der Waals surface area contributed by atoms with E-state index in [0.717, 1.165) is 30.4 Å². The van der Waals surface area contributed by atoms with Gasteiger partial charge in [-0.25, -0.2) is 0 Å². The van der Waals surface area contributed by atoms with Crippen molar-refractivity contribution in [2.24, 2.45) is 10.8 Å². The van der Waals surface area contributed by atoms with Gasteiger partial charge >= 0.3 is 0 Å². The van der Waals surface area contributed by atoms with Crippen LogP contribution in [0.25, 0.3) is 0 Å². The zero-order chi connectivity index (χ0) is 17.8. The van der Waals surface area contributed by atoms with Crippen molar-refractivity contribution in [3.63, 3.8) is 0 Å². The summed E-state index contributed by atoms with van der Waals surface area (Å²) >= 11 is 0. The Morgan fingerprint density at radius 1 is 1.25 bits per heavy atom. The van der Waals surface area contributed by atoms with Gasteiger partial charge < -0.3 is 4.74 Å². The second-order valence-corrected chi connectivity index (χ2v) is 6.97. The van der Waals surface area contributed by atoms with E-state index < -0.39 is 0 Å². The van der Waals surface area contributed by atoms with Crippen molar-refractivity contribution >= 4 is 0 Å². The van der Waals surface area contributed by atoms with Crippen molar-refractivity contribution in [3.05, 3.63) is 68.3 Å². The first kappa shape index (κ1) is 18.8. The number of allylic oxidation sites excluding steroid dienone is 1. The molecule has 0 spiro atoms. The molecule has 0 saturated heterocycles. The van der Waals surface area contributed by atoms with Crippen LogP contribution < -0.4 is 0 Å². The summed E-state index contributed by atoms with van der Waals surface area (Å²) in [5.41, 5.74) is 1.60. The van der Waals surface area contributed by atoms with Crippen LogP contribution in [0.1, 0.15) is 56.8 Å². The van der Waals surface area contributed by atoms with Gasteiger partial charge in [-0.15, -0.1) is 6.42 Å². The Morgan fingerprint density at radius 2 is 1.96 bits per heavy atom. The van der Waals surface area contributed by atoms with E-state index in [9.17, 15) is 0 Å². The van der Waals surface area contributed by atoms with Crippen LogP contribution in [0.2, 0.25) is 0 Å². The fourth-order valence-corrected chi connectivity index (χ4v) is 3.29. The Hall–Kier alpha value is -1.52. The van der Waals surface area contributed by atoms with Gasteiger partial charge in [-0.3, -0.25) is 0 Å². The third-order valence-electron chi connectivity index (χ3n) is 5.42. The van der Waals surface area contributed by atoms with Gasteiger partial charge in [0, 0.05) is 11.0 Å². The van der Waals surface area contributed by atoms with Crippen LogP contribution in [0.3, 0.4) is 0 Å². The zero-order valence-corrected chi connectivity index (χ0v) is 15.1. The molecule has 1 aliphatic carbocycles. The molecule has 3 radical (unpaired) electrons. The van der Waals surface area contributed by atoms with E-state index in [2.05, 4.69) is 52.7 Å². The van der Waals surface area contributed by atoms with Gasteiger partial charge in [-0.2, -0.15) is 0 Å². The summed E-state index contributed by atoms with van der Waals surface area (Å²) in [5.74, 6) is 2.76. The summed E-state index contributed by atoms with van der Waals surface area (Å²) in [5, 5.41) is 0. The monoisotopic (exact) mass is 321 g/mol. The van der Waals surface area contributed by atoms with Crippen LogP contribution in [-0.4, -0.2) is 6.10 Å². The Balaban J connectivity index is 2.32. The predicted octanol–water partition coefficient (Wildman–Crippen LogP) is 5.74. The van der Waals surface area contributed by atoms with Crippen molar-refractivity contribution in [2.45, 2.75) is 51.7 Å². The lowest BCUT2D eigenvalue weighted by Crippen LogP contribution is -2.41. The van der Waals surface area contributed by atoms with Crippen molar-refractivity contribution < 1.29 is 4.74 Å². The summed E-state index contributed by atoms with van der Waals surface area (Å²) in [6, 6.07) is 7.95. The average molecular weight is 321 g/mol. The minimum Gasteiger partial charge on any atom is -0.369 e. The standard InChI is InChI=1S/C23H29O/c1-7-18-13-11-12-14-19(18)20(8-2)24-21-17-22(5,9-3)15-16-23(21,6)10-4/h1,11-16,20-21H,2,5-6,8-10,17H2,3-4H3. The third kappa shape index (κ3) is 3.76. The molecule has 0 bridgehead atoms. The summed E-state index contributed by atoms with van der Waals surface area (Å²) in [4.78, 5) is 0. The fourth-order valence-electron chi connectivity index (χ4n) is 3.29. The van der Waals surface area contributed by atoms with Crippen LogP contribution in [0.4, 0.5) is 0 Å². The minimum absolute atomic E-state index is 0.00234. The molecule has 1 aliphatic rings. The Labute approximate surface area is 148 Å². The molecule has 0 N–H and O–H groups in total. The highest BCUT2D eigenvalue weighted by molar-refractivity contribution is 5.41. The zero-order valence-electron chi connectivity index (χ0n) is 15.1. The summed E-state index contributed by atoms with van der Waals surface area (Å²) < 4.78 is 6.56. The van der Waals surface area contributed by atoms with Gasteiger partial charge in [-0.1, -0.05) is 57.0 Å². The van der Waals surface area contributed by atoms with E-state index in [-0.39, 0.29) is 23.0 Å². The van der Waals surface area contributed by atoms with Crippen molar-refractivity contribution in [1.82, 2.24) is 0 Å². The molecule has 1 aromatic rings. The van der Waals surface area contributed by atoms with Crippen LogP contribution >= 0.6 is 0 Å². The molecular formula is C23H29O. The molecule has 2 rings (SSSR count). The fraction of sp³-hybridized carbons (Fsp3) is 0.435. The van der Waals surface area contributed by atoms with Crippen molar-refractivity contribution in [3.8, 4) is 12.3 Å². The van der Waals surface area contributed by atoms with E-state index in [1.54, 1.807) is 0 Å². The molecule has 0 amide bonds. The van der Waals surface area contributed by atoms with Gasteiger partial charge in [0.15, 0.2) is 0 Å². The molecule has 0 aliphatic heterocycles. The van der Waals surface area contributed by atoms with E-state index >= 15 is 0 Å². The van der Waals surface area contributed by atoms with Gasteiger partial charge in [0.2, 0.25) is 0 Å². The molecule has 127 valence electrons. The maximum Gasteiger partial charge on any atom is 0.0841 e. The van der Waals surface area contributed by atoms with Gasteiger partial charge in [0.05, 0.1) is 12.2 Å². The first-order chi connectivity index (χ1) is 11.4. The molecular weight excluding hydrogens is 292 g/mol. The minimum atomic E-state index is -0.227. The molecule has 4 atom stereocenters. The molecule has 0 fully saturated rings. The smallest absolute Gasteiger partial charge is 0.0841 e. The molecule has 0 heterocycles. The number of rotatable bonds is 6. The predicted molar refractivity (Wildman–Crippen MR) is 102 cm³/mol. The van der Waals surface area contributed by atoms with E-state index in [4.69, 9.17) is 11.2 Å². The van der Waals surface area contributed by atoms with Gasteiger partial charge in [-0.05, 0) is 56.6 Å². The number of hydrogen-bond donors (Lipinski definition) is 0. The highest BCUT2D eigenvalue weighted by atomic mass is 16.5. The Morgan fingerprint density at radius 3 is 2.54 bits per heavy atom. The van der Waals surface area contributed by atoms with E-state index in [1.165, 1.54) is 0 Å². The molecule has 1 nitrogen and oxygen atoms in total. The second kappa shape index (κ2) is 7.58. The van der Waals surface area contributed by atoms with Crippen molar-refractivity contribution in [1.29, 1.82) is 0 Å². The average Bonchev–Trinajstić information content (AvgIpc) is 2.62. The van der Waals surface area contributed by atoms with Crippen molar-refractivity contribution in [2.75, 3.05) is 0 Å². The topological polar surface area (TPSA) is 9.23 Å². The Bertz CT molecular complexity index is 623. The van der Waals surface area contributed by atoms with Crippen LogP contribution in [-0.2, 0) is 4.74 Å². The van der Waals surface area contributed by atoms with E-state index in [1.807, 2.05) is 24.3 Å². The summed E-state index contributed by atoms with van der Waals surface area (Å²) in [6.07, 6.45) is 13.4. The lowest BCUT2D eigenvalue weighted by atomic mass is 9.66. The molecule has 0 aromatic heterocycles. The lowest BCUT2D eigenvalue weighted by molar-refractivity contribution is -0.0764. The SMILES string of the molecule is C#Cc1ccccc1C(C[CH2])OC1CC([CH2])(CC)C=CC1([CH2])CC. The van der Waals surface area contributed by atoms with Gasteiger partial charge in [0.25, 0.3) is 0 Å². The van der Waals surface area contributed by atoms with Crippen LogP contribution in [0.5, 0.6) is 0 Å². The Kier molecular flexibility index (Phi) is 5.94. The highest BCUT2D eigenvalue weighted by Crippen LogP contribution is 2.46. The quantitative estimate of drug-likeness (QED) is 0.479. The molecule has 1 heteroatoms. The maximum absolute atomic E-state index is 6.56. The second-order valence-electron chi connectivity index (χ2n) is 6.97. The number of hydrogen-bond acceptors (Lipinski definition) is 1. The summed E-state index contributed by atoms with van der Waals surface area (Å²) in [6.45, 7) is 17.3.